The maximum Gasteiger partial charge on any atom is 0.319 e. The summed E-state index contributed by atoms with van der Waals surface area (Å²) in [5.41, 5.74) is 0.589. The van der Waals surface area contributed by atoms with Gasteiger partial charge in [0.1, 0.15) is 0 Å². The largest absolute Gasteiger partial charge is 0.465 e. The van der Waals surface area contributed by atoms with Crippen LogP contribution in [0.3, 0.4) is 0 Å². The van der Waals surface area contributed by atoms with Crippen molar-refractivity contribution in [3.05, 3.63) is 39.9 Å². The van der Waals surface area contributed by atoms with Crippen molar-refractivity contribution in [3.63, 3.8) is 0 Å². The summed E-state index contributed by atoms with van der Waals surface area (Å²) in [6.45, 7) is 2.35. The number of hydrogen-bond acceptors (Lipinski definition) is 5. The Morgan fingerprint density at radius 3 is 2.82 bits per heavy atom. The van der Waals surface area contributed by atoms with Gasteiger partial charge in [0.25, 0.3) is 5.69 Å². The highest BCUT2D eigenvalue weighted by Crippen LogP contribution is 2.16. The van der Waals surface area contributed by atoms with E-state index in [-0.39, 0.29) is 24.7 Å². The minimum absolute atomic E-state index is 0.0416. The lowest BCUT2D eigenvalue weighted by atomic mass is 10.2. The zero-order valence-electron chi connectivity index (χ0n) is 9.51. The van der Waals surface area contributed by atoms with E-state index >= 15 is 0 Å². The highest BCUT2D eigenvalue weighted by molar-refractivity contribution is 5.71. The van der Waals surface area contributed by atoms with E-state index in [2.05, 4.69) is 5.32 Å². The van der Waals surface area contributed by atoms with Gasteiger partial charge in [-0.2, -0.15) is 0 Å². The zero-order valence-corrected chi connectivity index (χ0v) is 9.51. The first-order valence-corrected chi connectivity index (χ1v) is 5.23. The molecule has 92 valence electrons. The average molecular weight is 238 g/mol. The van der Waals surface area contributed by atoms with Crippen LogP contribution in [-0.2, 0) is 16.1 Å². The molecule has 0 saturated heterocycles. The average Bonchev–Trinajstić information content (AvgIpc) is 2.30. The van der Waals surface area contributed by atoms with Crippen LogP contribution in [0.15, 0.2) is 24.3 Å². The van der Waals surface area contributed by atoms with Crippen molar-refractivity contribution in [1.29, 1.82) is 0 Å². The first-order chi connectivity index (χ1) is 8.15. The highest BCUT2D eigenvalue weighted by Gasteiger charge is 2.11. The molecule has 0 atom stereocenters. The van der Waals surface area contributed by atoms with E-state index in [1.54, 1.807) is 25.1 Å². The monoisotopic (exact) mass is 238 g/mol. The molecule has 0 radical (unpaired) electrons. The maximum absolute atomic E-state index is 11.0. The lowest BCUT2D eigenvalue weighted by molar-refractivity contribution is -0.385. The Bertz CT molecular complexity index is 406. The van der Waals surface area contributed by atoms with Crippen molar-refractivity contribution in [2.45, 2.75) is 13.5 Å². The van der Waals surface area contributed by atoms with Crippen LogP contribution in [-0.4, -0.2) is 24.0 Å². The van der Waals surface area contributed by atoms with E-state index in [4.69, 9.17) is 4.74 Å². The molecule has 0 saturated carbocycles. The number of esters is 1. The van der Waals surface area contributed by atoms with Gasteiger partial charge >= 0.3 is 5.97 Å². The van der Waals surface area contributed by atoms with Gasteiger partial charge in [-0.25, -0.2) is 0 Å². The van der Waals surface area contributed by atoms with Gasteiger partial charge in [0, 0.05) is 18.2 Å². The fourth-order valence-electron chi connectivity index (χ4n) is 1.35. The van der Waals surface area contributed by atoms with Crippen molar-refractivity contribution in [3.8, 4) is 0 Å². The number of para-hydroxylation sites is 1. The van der Waals surface area contributed by atoms with Crippen molar-refractivity contribution in [1.82, 2.24) is 5.32 Å². The van der Waals surface area contributed by atoms with E-state index in [9.17, 15) is 14.9 Å². The van der Waals surface area contributed by atoms with Crippen LogP contribution in [0.4, 0.5) is 5.69 Å². The van der Waals surface area contributed by atoms with E-state index in [0.717, 1.165) is 0 Å². The minimum atomic E-state index is -0.443. The molecule has 0 aliphatic carbocycles. The number of nitro groups is 1. The molecule has 0 unspecified atom stereocenters. The van der Waals surface area contributed by atoms with E-state index in [0.29, 0.717) is 12.2 Å². The second-order valence-corrected chi connectivity index (χ2v) is 3.29. The summed E-state index contributed by atoms with van der Waals surface area (Å²) in [5.74, 6) is -0.369. The summed E-state index contributed by atoms with van der Waals surface area (Å²) >= 11 is 0. The quantitative estimate of drug-likeness (QED) is 0.458. The molecule has 0 spiro atoms. The number of carbonyl (C=O) groups is 1. The maximum atomic E-state index is 11.0. The molecule has 0 bridgehead atoms. The molecule has 0 aliphatic rings. The van der Waals surface area contributed by atoms with Crippen LogP contribution in [0, 0.1) is 10.1 Å². The molecular formula is C11H14N2O4. The van der Waals surface area contributed by atoms with Crippen LogP contribution in [0.5, 0.6) is 0 Å². The van der Waals surface area contributed by atoms with Crippen molar-refractivity contribution in [2.75, 3.05) is 13.2 Å². The molecule has 0 heterocycles. The van der Waals surface area contributed by atoms with Gasteiger partial charge in [0.05, 0.1) is 18.1 Å². The Morgan fingerprint density at radius 1 is 1.47 bits per heavy atom. The first kappa shape index (κ1) is 13.1. The summed E-state index contributed by atoms with van der Waals surface area (Å²) in [6, 6.07) is 6.40. The molecule has 1 aromatic rings. The number of ether oxygens (including phenoxy) is 1. The molecule has 17 heavy (non-hydrogen) atoms. The van der Waals surface area contributed by atoms with Gasteiger partial charge in [0.15, 0.2) is 0 Å². The van der Waals surface area contributed by atoms with Crippen molar-refractivity contribution in [2.24, 2.45) is 0 Å². The Hall–Kier alpha value is -1.95. The predicted molar refractivity (Wildman–Crippen MR) is 61.4 cm³/mol. The molecule has 6 nitrogen and oxygen atoms in total. The van der Waals surface area contributed by atoms with Gasteiger partial charge < -0.3 is 10.1 Å². The molecule has 0 aliphatic heterocycles. The van der Waals surface area contributed by atoms with Crippen LogP contribution < -0.4 is 5.32 Å². The molecule has 1 aromatic carbocycles. The number of nitrogens with one attached hydrogen (secondary N) is 1. The lowest BCUT2D eigenvalue weighted by Gasteiger charge is -2.05. The highest BCUT2D eigenvalue weighted by atomic mass is 16.6. The number of nitrogens with zero attached hydrogens (tertiary/aromatic N) is 1. The predicted octanol–water partition coefficient (Wildman–Crippen LogP) is 1.25. The Morgan fingerprint density at radius 2 is 2.18 bits per heavy atom. The zero-order chi connectivity index (χ0) is 12.7. The first-order valence-electron chi connectivity index (χ1n) is 5.23. The third-order valence-corrected chi connectivity index (χ3v) is 2.08. The van der Waals surface area contributed by atoms with E-state index in [1.165, 1.54) is 6.07 Å². The topological polar surface area (TPSA) is 81.5 Å². The fourth-order valence-corrected chi connectivity index (χ4v) is 1.35. The molecular weight excluding hydrogens is 224 g/mol. The third kappa shape index (κ3) is 4.20. The summed E-state index contributed by atoms with van der Waals surface area (Å²) in [4.78, 5) is 21.3. The Kier molecular flexibility index (Phi) is 5.09. The van der Waals surface area contributed by atoms with Crippen LogP contribution in [0.25, 0.3) is 0 Å². The molecule has 0 fully saturated rings. The van der Waals surface area contributed by atoms with Crippen molar-refractivity contribution < 1.29 is 14.5 Å². The standard InChI is InChI=1S/C11H14N2O4/c1-2-17-11(14)8-12-7-9-5-3-4-6-10(9)13(15)16/h3-6,12H,2,7-8H2,1H3. The van der Waals surface area contributed by atoms with Crippen LogP contribution >= 0.6 is 0 Å². The SMILES string of the molecule is CCOC(=O)CNCc1ccccc1[N+](=O)[O-]. The van der Waals surface area contributed by atoms with Crippen LogP contribution in [0.2, 0.25) is 0 Å². The Balaban J connectivity index is 2.52. The van der Waals surface area contributed by atoms with E-state index < -0.39 is 4.92 Å². The second-order valence-electron chi connectivity index (χ2n) is 3.29. The van der Waals surface area contributed by atoms with Gasteiger partial charge in [-0.3, -0.25) is 14.9 Å². The van der Waals surface area contributed by atoms with E-state index in [1.807, 2.05) is 0 Å². The number of rotatable bonds is 6. The lowest BCUT2D eigenvalue weighted by Crippen LogP contribution is -2.24. The minimum Gasteiger partial charge on any atom is -0.465 e. The Labute approximate surface area is 98.7 Å². The summed E-state index contributed by atoms with van der Waals surface area (Å²) in [7, 11) is 0. The molecule has 0 amide bonds. The van der Waals surface area contributed by atoms with Crippen LogP contribution in [0.1, 0.15) is 12.5 Å². The third-order valence-electron chi connectivity index (χ3n) is 2.08. The molecule has 1 N–H and O–H groups in total. The fraction of sp³-hybridized carbons (Fsp3) is 0.364. The van der Waals surface area contributed by atoms with Gasteiger partial charge in [-0.05, 0) is 6.92 Å². The second kappa shape index (κ2) is 6.59. The number of hydrogen-bond donors (Lipinski definition) is 1. The van der Waals surface area contributed by atoms with Crippen molar-refractivity contribution >= 4 is 11.7 Å². The number of benzene rings is 1. The molecule has 1 rings (SSSR count). The summed E-state index contributed by atoms with van der Waals surface area (Å²) in [5, 5.41) is 13.5. The smallest absolute Gasteiger partial charge is 0.319 e. The summed E-state index contributed by atoms with van der Waals surface area (Å²) in [6.07, 6.45) is 0. The number of carbonyl (C=O) groups excluding carboxylic acids is 1. The number of nitro benzene ring substituents is 1. The van der Waals surface area contributed by atoms with Gasteiger partial charge in [-0.15, -0.1) is 0 Å². The van der Waals surface area contributed by atoms with Gasteiger partial charge in [0.2, 0.25) is 0 Å². The normalized spacial score (nSPS) is 9.94. The molecule has 6 heteroatoms. The molecule has 0 aromatic heterocycles. The summed E-state index contributed by atoms with van der Waals surface area (Å²) < 4.78 is 4.72. The van der Waals surface area contributed by atoms with Gasteiger partial charge in [-0.1, -0.05) is 18.2 Å².